The Morgan fingerprint density at radius 1 is 1.04 bits per heavy atom. The standard InChI is InChI=1S/C32H42O13/c1-6-14(2)24(36)43-18-10-17(42-15(3)34)29(11-33)12-40-20-21(29)30(18)13-41-25(37)22(30)27(4,23(20)35)32-19-9-16(28(32,5)45-32)31(38)7-8-39-26(31)44-19/h6-8,16-23,25-26,33,35,37-38H,9-13H2,1-5H3/b14-6-/t16-,17+,18+,19-,20+,21+,22-,23+,25-,26-,27-,28-,29+,30-,31+,32-/m0/s1. The molecule has 3 aliphatic carbocycles. The summed E-state index contributed by atoms with van der Waals surface area (Å²) in [5, 5.41) is 47.3. The Hall–Kier alpha value is -2.10. The maximum Gasteiger partial charge on any atom is 0.333 e. The van der Waals surface area contributed by atoms with E-state index in [1.54, 1.807) is 26.0 Å². The first-order chi connectivity index (χ1) is 21.2. The molecule has 248 valence electrons. The lowest BCUT2D eigenvalue weighted by Crippen LogP contribution is -2.77. The van der Waals surface area contributed by atoms with Gasteiger partial charge in [-0.1, -0.05) is 13.0 Å². The van der Waals surface area contributed by atoms with E-state index in [2.05, 4.69) is 0 Å². The van der Waals surface area contributed by atoms with Gasteiger partial charge in [-0.25, -0.2) is 4.79 Å². The van der Waals surface area contributed by atoms with Crippen LogP contribution in [0.25, 0.3) is 0 Å². The molecule has 1 spiro atoms. The van der Waals surface area contributed by atoms with E-state index in [-0.39, 0.29) is 19.6 Å². The molecule has 0 aromatic carbocycles. The molecule has 13 heteroatoms. The van der Waals surface area contributed by atoms with Gasteiger partial charge in [0.15, 0.2) is 11.9 Å². The molecule has 5 heterocycles. The van der Waals surface area contributed by atoms with Crippen molar-refractivity contribution in [3.8, 4) is 0 Å². The maximum absolute atomic E-state index is 13.4. The minimum absolute atomic E-state index is 0.0162. The van der Waals surface area contributed by atoms with Crippen LogP contribution in [0.1, 0.15) is 47.5 Å². The van der Waals surface area contributed by atoms with Gasteiger partial charge in [-0.3, -0.25) is 4.79 Å². The molecule has 8 aliphatic rings. The topological polar surface area (TPSA) is 183 Å². The third-order valence-corrected chi connectivity index (χ3v) is 13.5. The molecule has 0 unspecified atom stereocenters. The van der Waals surface area contributed by atoms with Crippen LogP contribution in [0.2, 0.25) is 0 Å². The summed E-state index contributed by atoms with van der Waals surface area (Å²) in [6.45, 7) is 7.79. The van der Waals surface area contributed by atoms with E-state index in [0.717, 1.165) is 0 Å². The number of aliphatic hydroxyl groups excluding tert-OH is 3. The number of aliphatic hydroxyl groups is 4. The minimum atomic E-state index is -1.45. The lowest BCUT2D eigenvalue weighted by Gasteiger charge is -2.65. The number of hydrogen-bond acceptors (Lipinski definition) is 13. The average molecular weight is 635 g/mol. The first kappa shape index (κ1) is 30.2. The van der Waals surface area contributed by atoms with Gasteiger partial charge in [-0.05, 0) is 33.3 Å². The fourth-order valence-corrected chi connectivity index (χ4v) is 11.6. The highest BCUT2D eigenvalue weighted by atomic mass is 16.7. The van der Waals surface area contributed by atoms with Crippen LogP contribution in [-0.4, -0.2) is 112 Å². The second kappa shape index (κ2) is 9.07. The predicted molar refractivity (Wildman–Crippen MR) is 148 cm³/mol. The molecule has 8 rings (SSSR count). The second-order valence-electron chi connectivity index (χ2n) is 14.9. The number of ether oxygens (including phenoxy) is 7. The van der Waals surface area contributed by atoms with Gasteiger partial charge in [0.05, 0.1) is 49.8 Å². The summed E-state index contributed by atoms with van der Waals surface area (Å²) in [4.78, 5) is 25.8. The Bertz CT molecular complexity index is 1400. The molecule has 16 atom stereocenters. The first-order valence-electron chi connectivity index (χ1n) is 15.9. The molecule has 5 aliphatic heterocycles. The fourth-order valence-electron chi connectivity index (χ4n) is 11.6. The fraction of sp³-hybridized carbons (Fsp3) is 0.812. The largest absolute Gasteiger partial charge is 0.469 e. The Kier molecular flexibility index (Phi) is 6.10. The lowest BCUT2D eigenvalue weighted by atomic mass is 9.38. The Labute approximate surface area is 260 Å². The molecule has 0 radical (unpaired) electrons. The van der Waals surface area contributed by atoms with Crippen LogP contribution in [0.15, 0.2) is 24.0 Å². The Balaban J connectivity index is 1.32. The molecule has 7 fully saturated rings. The molecule has 2 bridgehead atoms. The number of esters is 2. The van der Waals surface area contributed by atoms with E-state index in [4.69, 9.17) is 33.2 Å². The highest BCUT2D eigenvalue weighted by molar-refractivity contribution is 5.87. The van der Waals surface area contributed by atoms with Gasteiger partial charge in [0.25, 0.3) is 0 Å². The number of hydrogen-bond donors (Lipinski definition) is 4. The molecule has 4 N–H and O–H groups in total. The van der Waals surface area contributed by atoms with Gasteiger partial charge in [0.2, 0.25) is 6.29 Å². The normalized spacial score (nSPS) is 58.2. The van der Waals surface area contributed by atoms with E-state index in [1.807, 2.05) is 13.8 Å². The van der Waals surface area contributed by atoms with Crippen molar-refractivity contribution in [1.29, 1.82) is 0 Å². The summed E-state index contributed by atoms with van der Waals surface area (Å²) in [5.41, 5.74) is -7.05. The molecule has 4 saturated heterocycles. The zero-order valence-corrected chi connectivity index (χ0v) is 26.0. The van der Waals surface area contributed by atoms with Gasteiger partial charge >= 0.3 is 11.9 Å². The Morgan fingerprint density at radius 3 is 2.49 bits per heavy atom. The zero-order chi connectivity index (χ0) is 32.1. The van der Waals surface area contributed by atoms with Crippen molar-refractivity contribution in [3.05, 3.63) is 24.0 Å². The van der Waals surface area contributed by atoms with Crippen LogP contribution in [-0.2, 0) is 42.7 Å². The second-order valence-corrected chi connectivity index (χ2v) is 14.9. The van der Waals surface area contributed by atoms with Crippen molar-refractivity contribution < 1.29 is 63.2 Å². The predicted octanol–water partition coefficient (Wildman–Crippen LogP) is 0.0730. The summed E-state index contributed by atoms with van der Waals surface area (Å²) < 4.78 is 43.4. The van der Waals surface area contributed by atoms with Crippen molar-refractivity contribution in [2.24, 2.45) is 34.0 Å². The van der Waals surface area contributed by atoms with Gasteiger partial charge in [-0.15, -0.1) is 0 Å². The van der Waals surface area contributed by atoms with Crippen LogP contribution in [0.4, 0.5) is 0 Å². The molecule has 0 aromatic rings. The van der Waals surface area contributed by atoms with Crippen molar-refractivity contribution in [3.63, 3.8) is 0 Å². The van der Waals surface area contributed by atoms with Crippen molar-refractivity contribution in [2.75, 3.05) is 19.8 Å². The highest BCUT2D eigenvalue weighted by Gasteiger charge is 2.95. The van der Waals surface area contributed by atoms with E-state index < -0.39 is 112 Å². The Morgan fingerprint density at radius 2 is 1.80 bits per heavy atom. The first-order valence-corrected chi connectivity index (χ1v) is 15.9. The van der Waals surface area contributed by atoms with E-state index in [0.29, 0.717) is 12.0 Å². The van der Waals surface area contributed by atoms with Crippen molar-refractivity contribution >= 4 is 11.9 Å². The average Bonchev–Trinajstić information content (AvgIpc) is 3.39. The van der Waals surface area contributed by atoms with Crippen molar-refractivity contribution in [2.45, 2.75) is 107 Å². The van der Waals surface area contributed by atoms with Crippen LogP contribution in [0.5, 0.6) is 0 Å². The maximum atomic E-state index is 13.4. The quantitative estimate of drug-likeness (QED) is 0.181. The third kappa shape index (κ3) is 3.13. The SMILES string of the molecule is C/C=C(/C)C(=O)O[C@@H]1C[C@@H](OC(C)=O)[C@@]2(CO)CO[C@@H]3[C@H]2[C@]12CO[C@H](O)[C@H]2[C@](C)([C@]12O[C@@]1(C)[C@@H]1C[C@@H]2O[C@@H]2OC=C[C@]21O)[C@@H]3O. The van der Waals surface area contributed by atoms with Crippen LogP contribution >= 0.6 is 0 Å². The van der Waals surface area contributed by atoms with Gasteiger partial charge < -0.3 is 53.6 Å². The molecule has 3 saturated carbocycles. The number of epoxide rings is 1. The molecular weight excluding hydrogens is 592 g/mol. The summed E-state index contributed by atoms with van der Waals surface area (Å²) in [7, 11) is 0. The molecule has 0 aromatic heterocycles. The van der Waals surface area contributed by atoms with Crippen LogP contribution in [0.3, 0.4) is 0 Å². The summed E-state index contributed by atoms with van der Waals surface area (Å²) in [5.74, 6) is -3.27. The summed E-state index contributed by atoms with van der Waals surface area (Å²) in [6.07, 6.45) is -2.07. The summed E-state index contributed by atoms with van der Waals surface area (Å²) >= 11 is 0. The third-order valence-electron chi connectivity index (χ3n) is 13.5. The highest BCUT2D eigenvalue weighted by Crippen LogP contribution is 2.82. The smallest absolute Gasteiger partial charge is 0.333 e. The number of allylic oxidation sites excluding steroid dienone is 1. The van der Waals surface area contributed by atoms with Gasteiger partial charge in [0.1, 0.15) is 23.4 Å². The zero-order valence-electron chi connectivity index (χ0n) is 26.0. The molecular formula is C32H42O13. The number of carbonyl (C=O) groups excluding carboxylic acids is 2. The van der Waals surface area contributed by atoms with E-state index >= 15 is 0 Å². The number of carbonyl (C=O) groups is 2. The van der Waals surface area contributed by atoms with Crippen LogP contribution in [0, 0.1) is 34.0 Å². The van der Waals surface area contributed by atoms with E-state index in [9.17, 15) is 30.0 Å². The van der Waals surface area contributed by atoms with Crippen LogP contribution < -0.4 is 0 Å². The molecule has 13 nitrogen and oxygen atoms in total. The van der Waals surface area contributed by atoms with Crippen molar-refractivity contribution in [1.82, 2.24) is 0 Å². The van der Waals surface area contributed by atoms with Gasteiger partial charge in [0, 0.05) is 47.5 Å². The lowest BCUT2D eigenvalue weighted by molar-refractivity contribution is -0.304. The van der Waals surface area contributed by atoms with Gasteiger partial charge in [-0.2, -0.15) is 0 Å². The monoisotopic (exact) mass is 634 g/mol. The molecule has 45 heavy (non-hydrogen) atoms. The minimum Gasteiger partial charge on any atom is -0.469 e. The van der Waals surface area contributed by atoms with E-state index in [1.165, 1.54) is 13.2 Å². The summed E-state index contributed by atoms with van der Waals surface area (Å²) in [6, 6.07) is 0. The molecule has 0 amide bonds. The number of rotatable bonds is 5. The number of fused-ring (bicyclic) bond motifs is 7.